The zero-order valence-corrected chi connectivity index (χ0v) is 20.5. The van der Waals surface area contributed by atoms with E-state index in [2.05, 4.69) is 17.5 Å². The number of amides is 1. The van der Waals surface area contributed by atoms with Crippen LogP contribution in [-0.2, 0) is 14.3 Å². The maximum atomic E-state index is 13.2. The van der Waals surface area contributed by atoms with Crippen LogP contribution in [0.25, 0.3) is 0 Å². The Kier molecular flexibility index (Phi) is 5.34. The lowest BCUT2D eigenvalue weighted by Gasteiger charge is -2.42. The Labute approximate surface area is 198 Å². The van der Waals surface area contributed by atoms with E-state index in [9.17, 15) is 9.59 Å². The first-order chi connectivity index (χ1) is 15.7. The van der Waals surface area contributed by atoms with E-state index in [4.69, 9.17) is 9.47 Å². The van der Waals surface area contributed by atoms with Crippen molar-refractivity contribution in [1.29, 1.82) is 0 Å². The van der Waals surface area contributed by atoms with Crippen LogP contribution in [0.2, 0.25) is 0 Å². The molecule has 0 radical (unpaired) electrons. The third-order valence-electron chi connectivity index (χ3n) is 10.1. The number of alkyl carbamates (subject to hydrolysis) is 1. The van der Waals surface area contributed by atoms with Gasteiger partial charge in [-0.25, -0.2) is 4.79 Å². The summed E-state index contributed by atoms with van der Waals surface area (Å²) in [5.41, 5.74) is -0.461. The fraction of sp³-hybridized carbons (Fsp3) is 0.857. The Morgan fingerprint density at radius 3 is 2.33 bits per heavy atom. The highest BCUT2D eigenvalue weighted by atomic mass is 16.6. The second-order valence-electron chi connectivity index (χ2n) is 13.2. The molecule has 1 N–H and O–H groups in total. The second-order valence-corrected chi connectivity index (χ2v) is 13.2. The molecule has 5 nitrogen and oxygen atoms in total. The lowest BCUT2D eigenvalue weighted by molar-refractivity contribution is -0.160. The average molecular weight is 456 g/mol. The fourth-order valence-corrected chi connectivity index (χ4v) is 9.10. The van der Waals surface area contributed by atoms with Crippen LogP contribution < -0.4 is 5.32 Å². The predicted octanol–water partition coefficient (Wildman–Crippen LogP) is 5.49. The third-order valence-corrected chi connectivity index (χ3v) is 10.1. The van der Waals surface area contributed by atoms with Crippen molar-refractivity contribution in [2.45, 2.75) is 96.3 Å². The smallest absolute Gasteiger partial charge is 0.407 e. The Morgan fingerprint density at radius 1 is 0.818 bits per heavy atom. The van der Waals surface area contributed by atoms with Gasteiger partial charge in [-0.05, 0) is 126 Å². The Bertz CT molecular complexity index is 830. The Morgan fingerprint density at radius 2 is 1.55 bits per heavy atom. The maximum absolute atomic E-state index is 13.2. The lowest BCUT2D eigenvalue weighted by Crippen LogP contribution is -2.45. The summed E-state index contributed by atoms with van der Waals surface area (Å²) in [6.45, 7) is 5.70. The van der Waals surface area contributed by atoms with Crippen LogP contribution in [0.5, 0.6) is 0 Å². The molecular weight excluding hydrogens is 414 g/mol. The van der Waals surface area contributed by atoms with Crippen LogP contribution in [0.1, 0.15) is 78.6 Å². The van der Waals surface area contributed by atoms with Gasteiger partial charge in [-0.1, -0.05) is 12.2 Å². The molecule has 0 aromatic rings. The second kappa shape index (κ2) is 8.02. The SMILES string of the molecule is CC(C)(C)OC(=O)NC1CCC2CC(OC(=O)C3CC4CC3C3C5C=CC(C5)C43)CCC2C1. The van der Waals surface area contributed by atoms with Gasteiger partial charge in [-0.15, -0.1) is 0 Å². The van der Waals surface area contributed by atoms with Crippen molar-refractivity contribution in [2.24, 2.45) is 53.3 Å². The summed E-state index contributed by atoms with van der Waals surface area (Å²) < 4.78 is 11.6. The minimum absolute atomic E-state index is 0.101. The number of carbonyl (C=O) groups is 2. The van der Waals surface area contributed by atoms with Crippen LogP contribution in [0.3, 0.4) is 0 Å². The van der Waals surface area contributed by atoms with E-state index in [-0.39, 0.29) is 30.1 Å². The van der Waals surface area contributed by atoms with E-state index < -0.39 is 5.60 Å². The van der Waals surface area contributed by atoms with Crippen molar-refractivity contribution in [3.05, 3.63) is 12.2 Å². The molecule has 11 atom stereocenters. The van der Waals surface area contributed by atoms with Crippen molar-refractivity contribution in [2.75, 3.05) is 0 Å². The van der Waals surface area contributed by atoms with Gasteiger partial charge in [0.15, 0.2) is 0 Å². The number of fused-ring (bicyclic) bond motifs is 10. The number of carbonyl (C=O) groups excluding carboxylic acids is 2. The number of ether oxygens (including phenoxy) is 2. The van der Waals surface area contributed by atoms with Gasteiger partial charge in [-0.3, -0.25) is 4.79 Å². The molecule has 6 aliphatic rings. The molecule has 0 spiro atoms. The van der Waals surface area contributed by atoms with Gasteiger partial charge in [-0.2, -0.15) is 0 Å². The van der Waals surface area contributed by atoms with Crippen LogP contribution in [0.4, 0.5) is 4.79 Å². The minimum atomic E-state index is -0.461. The van der Waals surface area contributed by atoms with Gasteiger partial charge in [0.25, 0.3) is 0 Å². The van der Waals surface area contributed by atoms with Crippen LogP contribution in [0, 0.1) is 53.3 Å². The topological polar surface area (TPSA) is 64.6 Å². The lowest BCUT2D eigenvalue weighted by atomic mass is 9.68. The average Bonchev–Trinajstić information content (AvgIpc) is 3.51. The molecule has 0 aromatic carbocycles. The molecule has 11 unspecified atom stereocenters. The monoisotopic (exact) mass is 455 g/mol. The van der Waals surface area contributed by atoms with E-state index in [1.165, 1.54) is 12.8 Å². The molecule has 0 heterocycles. The summed E-state index contributed by atoms with van der Waals surface area (Å²) in [6, 6.07) is 0.206. The van der Waals surface area contributed by atoms with Crippen LogP contribution in [-0.4, -0.2) is 29.8 Å². The molecule has 5 fully saturated rings. The molecule has 5 saturated carbocycles. The van der Waals surface area contributed by atoms with Crippen molar-refractivity contribution >= 4 is 12.1 Å². The number of hydrogen-bond donors (Lipinski definition) is 1. The largest absolute Gasteiger partial charge is 0.462 e. The fourth-order valence-electron chi connectivity index (χ4n) is 9.10. The molecule has 0 aromatic heterocycles. The highest BCUT2D eigenvalue weighted by molar-refractivity contribution is 5.74. The van der Waals surface area contributed by atoms with Crippen LogP contribution in [0.15, 0.2) is 12.2 Å². The quantitative estimate of drug-likeness (QED) is 0.347. The van der Waals surface area contributed by atoms with E-state index in [1.807, 2.05) is 20.8 Å². The molecule has 0 saturated heterocycles. The van der Waals surface area contributed by atoms with E-state index in [0.717, 1.165) is 74.5 Å². The zero-order valence-electron chi connectivity index (χ0n) is 20.5. The molecule has 1 amide bonds. The molecule has 33 heavy (non-hydrogen) atoms. The normalized spacial score (nSPS) is 47.2. The highest BCUT2D eigenvalue weighted by Crippen LogP contribution is 2.67. The van der Waals surface area contributed by atoms with Gasteiger partial charge >= 0.3 is 12.1 Å². The van der Waals surface area contributed by atoms with Gasteiger partial charge in [0.2, 0.25) is 0 Å². The molecule has 5 heteroatoms. The van der Waals surface area contributed by atoms with Gasteiger partial charge in [0.05, 0.1) is 5.92 Å². The summed E-state index contributed by atoms with van der Waals surface area (Å²) in [4.78, 5) is 25.4. The van der Waals surface area contributed by atoms with Crippen molar-refractivity contribution in [1.82, 2.24) is 5.32 Å². The van der Waals surface area contributed by atoms with E-state index in [0.29, 0.717) is 17.8 Å². The highest BCUT2D eigenvalue weighted by Gasteiger charge is 2.62. The van der Waals surface area contributed by atoms with Crippen molar-refractivity contribution in [3.63, 3.8) is 0 Å². The first-order valence-corrected chi connectivity index (χ1v) is 13.6. The van der Waals surface area contributed by atoms with Gasteiger partial charge < -0.3 is 14.8 Å². The number of hydrogen-bond acceptors (Lipinski definition) is 4. The molecule has 6 aliphatic carbocycles. The molecular formula is C28H41NO4. The molecule has 6 rings (SSSR count). The van der Waals surface area contributed by atoms with Crippen molar-refractivity contribution < 1.29 is 19.1 Å². The van der Waals surface area contributed by atoms with Crippen LogP contribution >= 0.6 is 0 Å². The summed E-state index contributed by atoms with van der Waals surface area (Å²) in [6.07, 6.45) is 14.6. The van der Waals surface area contributed by atoms with E-state index in [1.54, 1.807) is 0 Å². The summed E-state index contributed by atoms with van der Waals surface area (Å²) in [7, 11) is 0. The summed E-state index contributed by atoms with van der Waals surface area (Å²) >= 11 is 0. The Balaban J connectivity index is 0.990. The number of allylic oxidation sites excluding steroid dienone is 2. The Hall–Kier alpha value is -1.52. The summed E-state index contributed by atoms with van der Waals surface area (Å²) in [5, 5.41) is 3.08. The van der Waals surface area contributed by atoms with Gasteiger partial charge in [0, 0.05) is 6.04 Å². The molecule has 4 bridgehead atoms. The van der Waals surface area contributed by atoms with Crippen molar-refractivity contribution in [3.8, 4) is 0 Å². The minimum Gasteiger partial charge on any atom is -0.462 e. The predicted molar refractivity (Wildman–Crippen MR) is 125 cm³/mol. The summed E-state index contributed by atoms with van der Waals surface area (Å²) in [5.74, 6) is 6.05. The number of esters is 1. The third kappa shape index (κ3) is 4.01. The van der Waals surface area contributed by atoms with E-state index >= 15 is 0 Å². The standard InChI is InChI=1S/C28H41NO4/c1-28(2,3)33-27(31)29-20-8-6-16-12-21(9-7-15(16)11-20)32-26(30)23-14-19-13-22(23)25-18-5-4-17(10-18)24(19)25/h4-5,15-25H,6-14H2,1-3H3,(H,29,31). The zero-order chi connectivity index (χ0) is 22.9. The number of rotatable bonds is 3. The molecule has 182 valence electrons. The maximum Gasteiger partial charge on any atom is 0.407 e. The first-order valence-electron chi connectivity index (χ1n) is 13.6. The number of nitrogens with one attached hydrogen (secondary N) is 1. The molecule has 0 aliphatic heterocycles. The first kappa shape index (κ1) is 22.0. The van der Waals surface area contributed by atoms with Gasteiger partial charge in [0.1, 0.15) is 11.7 Å².